The summed E-state index contributed by atoms with van der Waals surface area (Å²) in [5.41, 5.74) is 3.41. The number of likely N-dealkylation sites (N-methyl/N-ethyl adjacent to an activating group) is 1. The molecule has 0 radical (unpaired) electrons. The summed E-state index contributed by atoms with van der Waals surface area (Å²) in [6, 6.07) is 12.7. The highest BCUT2D eigenvalue weighted by Gasteiger charge is 2.38. The lowest BCUT2D eigenvalue weighted by Crippen LogP contribution is -2.25. The lowest BCUT2D eigenvalue weighted by Gasteiger charge is -2.23. The zero-order valence-electron chi connectivity index (χ0n) is 17.5. The molecular formula is C24H25NO5. The third-order valence-electron chi connectivity index (χ3n) is 5.21. The summed E-state index contributed by atoms with van der Waals surface area (Å²) < 4.78 is 10.1. The maximum absolute atomic E-state index is 12.4. The number of carbonyl (C=O) groups excluding carboxylic acids is 2. The molecule has 0 amide bonds. The maximum atomic E-state index is 12.4. The minimum absolute atomic E-state index is 0.0119. The van der Waals surface area contributed by atoms with Gasteiger partial charge < -0.3 is 19.5 Å². The number of phenolic OH excluding ortho intramolecular Hbond substituents is 1. The average Bonchev–Trinajstić information content (AvgIpc) is 2.92. The van der Waals surface area contributed by atoms with Gasteiger partial charge in [-0.15, -0.1) is 0 Å². The molecule has 1 N–H and O–H groups in total. The largest absolute Gasteiger partial charge is 0.504 e. The summed E-state index contributed by atoms with van der Waals surface area (Å²) in [6.45, 7) is 3.79. The number of allylic oxidation sites excluding steroid dienone is 1. The second-order valence-corrected chi connectivity index (χ2v) is 7.57. The molecule has 0 bridgehead atoms. The Morgan fingerprint density at radius 3 is 2.60 bits per heavy atom. The Labute approximate surface area is 176 Å². The van der Waals surface area contributed by atoms with Gasteiger partial charge in [0.15, 0.2) is 23.9 Å². The monoisotopic (exact) mass is 407 g/mol. The smallest absolute Gasteiger partial charge is 0.331 e. The number of fused-ring (bicyclic) bond motifs is 1. The van der Waals surface area contributed by atoms with E-state index in [1.165, 1.54) is 25.3 Å². The van der Waals surface area contributed by atoms with E-state index in [-0.39, 0.29) is 23.6 Å². The number of rotatable bonds is 6. The van der Waals surface area contributed by atoms with E-state index in [9.17, 15) is 14.7 Å². The Bertz CT molecular complexity index is 1040. The topological polar surface area (TPSA) is 76.1 Å². The summed E-state index contributed by atoms with van der Waals surface area (Å²) in [5.74, 6) is -0.601. The summed E-state index contributed by atoms with van der Waals surface area (Å²) in [7, 11) is 3.37. The van der Waals surface area contributed by atoms with Crippen LogP contribution in [0.3, 0.4) is 0 Å². The molecule has 0 aromatic heterocycles. The van der Waals surface area contributed by atoms with Gasteiger partial charge in [-0.05, 0) is 35.4 Å². The van der Waals surface area contributed by atoms with E-state index >= 15 is 0 Å². The molecule has 0 atom stereocenters. The molecule has 0 unspecified atom stereocenters. The zero-order chi connectivity index (χ0) is 21.9. The lowest BCUT2D eigenvalue weighted by molar-refractivity contribution is -0.141. The number of para-hydroxylation sites is 1. The van der Waals surface area contributed by atoms with Crippen LogP contribution in [0.2, 0.25) is 0 Å². The molecule has 1 heterocycles. The molecule has 0 spiro atoms. The quantitative estimate of drug-likeness (QED) is 0.579. The Morgan fingerprint density at radius 2 is 1.90 bits per heavy atom. The molecule has 1 aliphatic heterocycles. The van der Waals surface area contributed by atoms with Crippen molar-refractivity contribution in [1.29, 1.82) is 0 Å². The fourth-order valence-corrected chi connectivity index (χ4v) is 3.61. The lowest BCUT2D eigenvalue weighted by atomic mass is 9.83. The van der Waals surface area contributed by atoms with Crippen molar-refractivity contribution in [2.24, 2.45) is 0 Å². The Balaban J connectivity index is 1.63. The third kappa shape index (κ3) is 4.22. The molecule has 30 heavy (non-hydrogen) atoms. The first kappa shape index (κ1) is 21.2. The van der Waals surface area contributed by atoms with Crippen molar-refractivity contribution in [1.82, 2.24) is 0 Å². The number of ether oxygens (including phenoxy) is 2. The van der Waals surface area contributed by atoms with Gasteiger partial charge in [-0.25, -0.2) is 4.79 Å². The molecule has 0 saturated carbocycles. The number of hydrogen-bond acceptors (Lipinski definition) is 6. The second kappa shape index (κ2) is 8.45. The van der Waals surface area contributed by atoms with Crippen molar-refractivity contribution < 1.29 is 24.2 Å². The van der Waals surface area contributed by atoms with Crippen LogP contribution in [0.25, 0.3) is 6.08 Å². The van der Waals surface area contributed by atoms with Crippen LogP contribution in [0.15, 0.2) is 60.3 Å². The van der Waals surface area contributed by atoms with Crippen LogP contribution in [0.4, 0.5) is 5.69 Å². The number of phenols is 1. The van der Waals surface area contributed by atoms with Crippen molar-refractivity contribution in [2.45, 2.75) is 19.3 Å². The first-order valence-electron chi connectivity index (χ1n) is 9.54. The Hall–Kier alpha value is -3.54. The van der Waals surface area contributed by atoms with Gasteiger partial charge in [0.05, 0.1) is 7.11 Å². The van der Waals surface area contributed by atoms with Gasteiger partial charge >= 0.3 is 5.97 Å². The second-order valence-electron chi connectivity index (χ2n) is 7.57. The fourth-order valence-electron chi connectivity index (χ4n) is 3.61. The van der Waals surface area contributed by atoms with Gasteiger partial charge in [0.25, 0.3) is 0 Å². The van der Waals surface area contributed by atoms with Crippen LogP contribution in [0.5, 0.6) is 11.5 Å². The molecule has 2 aromatic carbocycles. The first-order valence-corrected chi connectivity index (χ1v) is 9.54. The zero-order valence-corrected chi connectivity index (χ0v) is 17.5. The number of aromatic hydroxyl groups is 1. The van der Waals surface area contributed by atoms with Crippen molar-refractivity contribution >= 4 is 23.5 Å². The van der Waals surface area contributed by atoms with Gasteiger partial charge in [-0.1, -0.05) is 38.1 Å². The van der Waals surface area contributed by atoms with Crippen LogP contribution < -0.4 is 9.64 Å². The van der Waals surface area contributed by atoms with Crippen LogP contribution in [0, 0.1) is 0 Å². The number of hydrogen-bond donors (Lipinski definition) is 1. The molecule has 0 saturated heterocycles. The number of ketones is 1. The van der Waals surface area contributed by atoms with E-state index in [0.29, 0.717) is 11.3 Å². The van der Waals surface area contributed by atoms with Crippen molar-refractivity contribution in [2.75, 3.05) is 25.7 Å². The molecule has 6 heteroatoms. The SMILES string of the molecule is COc1cc(/C=C/C(=O)OCC(=O)/C=C2/N(C)c3ccccc3C2(C)C)ccc1O. The predicted octanol–water partition coefficient (Wildman–Crippen LogP) is 3.84. The van der Waals surface area contributed by atoms with Gasteiger partial charge in [0.1, 0.15) is 0 Å². The Morgan fingerprint density at radius 1 is 1.17 bits per heavy atom. The van der Waals surface area contributed by atoms with Crippen LogP contribution in [-0.4, -0.2) is 37.6 Å². The number of nitrogens with zero attached hydrogens (tertiary/aromatic N) is 1. The molecular weight excluding hydrogens is 382 g/mol. The molecule has 0 aliphatic carbocycles. The molecule has 6 nitrogen and oxygen atoms in total. The summed E-state index contributed by atoms with van der Waals surface area (Å²) in [5, 5.41) is 9.60. The van der Waals surface area contributed by atoms with Gasteiger partial charge in [0, 0.05) is 36.0 Å². The van der Waals surface area contributed by atoms with Gasteiger partial charge in [-0.2, -0.15) is 0 Å². The molecule has 3 rings (SSSR count). The van der Waals surface area contributed by atoms with Crippen LogP contribution in [0.1, 0.15) is 25.0 Å². The van der Waals surface area contributed by atoms with Crippen molar-refractivity contribution in [3.8, 4) is 11.5 Å². The summed E-state index contributed by atoms with van der Waals surface area (Å²) >= 11 is 0. The molecule has 2 aromatic rings. The number of methoxy groups -OCH3 is 1. The van der Waals surface area contributed by atoms with E-state index < -0.39 is 5.97 Å². The van der Waals surface area contributed by atoms with Crippen molar-refractivity contribution in [3.05, 3.63) is 71.4 Å². The third-order valence-corrected chi connectivity index (χ3v) is 5.21. The minimum atomic E-state index is -0.629. The molecule has 0 fully saturated rings. The Kier molecular flexibility index (Phi) is 5.96. The van der Waals surface area contributed by atoms with Crippen LogP contribution in [-0.2, 0) is 19.7 Å². The van der Waals surface area contributed by atoms with E-state index in [1.54, 1.807) is 18.2 Å². The van der Waals surface area contributed by atoms with Crippen molar-refractivity contribution in [3.63, 3.8) is 0 Å². The first-order chi connectivity index (χ1) is 14.2. The number of carbonyl (C=O) groups is 2. The number of esters is 1. The number of benzene rings is 2. The van der Waals surface area contributed by atoms with Crippen LogP contribution >= 0.6 is 0 Å². The van der Waals surface area contributed by atoms with E-state index in [1.807, 2.05) is 30.1 Å². The van der Waals surface area contributed by atoms with Gasteiger partial charge in [-0.3, -0.25) is 4.79 Å². The molecule has 156 valence electrons. The fraction of sp³-hybridized carbons (Fsp3) is 0.250. The normalized spacial score (nSPS) is 16.0. The highest BCUT2D eigenvalue weighted by atomic mass is 16.5. The summed E-state index contributed by atoms with van der Waals surface area (Å²) in [6.07, 6.45) is 4.30. The highest BCUT2D eigenvalue weighted by molar-refractivity contribution is 5.96. The van der Waals surface area contributed by atoms with Gasteiger partial charge in [0.2, 0.25) is 0 Å². The summed E-state index contributed by atoms with van der Waals surface area (Å²) in [4.78, 5) is 26.4. The predicted molar refractivity (Wildman–Crippen MR) is 116 cm³/mol. The average molecular weight is 407 g/mol. The van der Waals surface area contributed by atoms with E-state index in [0.717, 1.165) is 16.9 Å². The van der Waals surface area contributed by atoms with E-state index in [2.05, 4.69) is 19.9 Å². The minimum Gasteiger partial charge on any atom is -0.504 e. The van der Waals surface area contributed by atoms with E-state index in [4.69, 9.17) is 9.47 Å². The standard InChI is InChI=1S/C24H25NO5/c1-24(2)18-7-5-6-8-19(18)25(3)22(24)14-17(26)15-30-23(28)12-10-16-9-11-20(27)21(13-16)29-4/h5-14,27H,15H2,1-4H3/b12-10+,22-14+. The molecule has 1 aliphatic rings. The number of anilines is 1. The highest BCUT2D eigenvalue weighted by Crippen LogP contribution is 2.46. The maximum Gasteiger partial charge on any atom is 0.331 e.